The molecule has 0 saturated heterocycles. The molecule has 1 aromatic carbocycles. The van der Waals surface area contributed by atoms with Crippen molar-refractivity contribution >= 4 is 12.4 Å². The molecule has 0 radical (unpaired) electrons. The summed E-state index contributed by atoms with van der Waals surface area (Å²) in [6.45, 7) is 4.60. The van der Waals surface area contributed by atoms with Gasteiger partial charge in [0.2, 0.25) is 6.17 Å². The van der Waals surface area contributed by atoms with E-state index >= 15 is 0 Å². The number of hydrogen-bond acceptors (Lipinski definition) is 2. The first-order chi connectivity index (χ1) is 16.8. The first kappa shape index (κ1) is 28.7. The minimum absolute atomic E-state index is 0.500. The van der Waals surface area contributed by atoms with E-state index in [1.807, 2.05) is 12.4 Å². The Balaban J connectivity index is 1.75. The van der Waals surface area contributed by atoms with Gasteiger partial charge in [-0.1, -0.05) is 157 Å². The fraction of sp³-hybridized carbons (Fsp3) is 0.719. The first-order valence-corrected chi connectivity index (χ1v) is 14.8. The number of hydrogen-bond donors (Lipinski definition) is 0. The van der Waals surface area contributed by atoms with Crippen LogP contribution in [0.15, 0.2) is 40.3 Å². The van der Waals surface area contributed by atoms with Crippen molar-refractivity contribution in [1.29, 1.82) is 0 Å². The topological polar surface area (TPSA) is 24.7 Å². The lowest BCUT2D eigenvalue weighted by Gasteiger charge is -2.26. The zero-order valence-corrected chi connectivity index (χ0v) is 22.5. The summed E-state index contributed by atoms with van der Waals surface area (Å²) in [4.78, 5) is 9.38. The molecule has 0 bridgehead atoms. The third kappa shape index (κ3) is 12.8. The molecule has 2 atom stereocenters. The van der Waals surface area contributed by atoms with Crippen LogP contribution in [0, 0.1) is 18.0 Å². The van der Waals surface area contributed by atoms with Gasteiger partial charge in [-0.3, -0.25) is 0 Å². The molecular weight excluding hydrogens is 412 g/mol. The molecule has 1 aliphatic heterocycles. The van der Waals surface area contributed by atoms with Crippen LogP contribution in [0.2, 0.25) is 0 Å². The van der Waals surface area contributed by atoms with Crippen molar-refractivity contribution in [1.82, 2.24) is 0 Å². The third-order valence-corrected chi connectivity index (χ3v) is 7.52. The second kappa shape index (κ2) is 19.7. The predicted molar refractivity (Wildman–Crippen MR) is 152 cm³/mol. The normalized spacial score (nSPS) is 14.7. The van der Waals surface area contributed by atoms with E-state index in [2.05, 4.69) is 54.2 Å². The van der Waals surface area contributed by atoms with Gasteiger partial charge < -0.3 is 0 Å². The van der Waals surface area contributed by atoms with Crippen molar-refractivity contribution in [3.05, 3.63) is 42.1 Å². The standard InChI is InChI=1S/C32H53N2/c1-3-5-7-9-10-11-12-13-14-15-16-21-25-31(32-33-26-27-34-32)30(24-20-8-6-4-2)28-29-22-18-17-19-23-29/h17-19,22-23,26-27,30-31H,3-16,20-21,24-25,28H2,1-2H3/q+1. The van der Waals surface area contributed by atoms with E-state index in [9.17, 15) is 0 Å². The smallest absolute Gasteiger partial charge is 0.0965 e. The van der Waals surface area contributed by atoms with Gasteiger partial charge in [-0.25, -0.2) is 0 Å². The molecule has 0 saturated carbocycles. The second-order valence-corrected chi connectivity index (χ2v) is 10.5. The fourth-order valence-corrected chi connectivity index (χ4v) is 5.42. The van der Waals surface area contributed by atoms with E-state index in [0.717, 1.165) is 12.6 Å². The summed E-state index contributed by atoms with van der Waals surface area (Å²) in [6.07, 6.45) is 30.8. The maximum atomic E-state index is 4.69. The second-order valence-electron chi connectivity index (χ2n) is 10.5. The summed E-state index contributed by atoms with van der Waals surface area (Å²) in [6, 6.07) is 11.1. The lowest BCUT2D eigenvalue weighted by molar-refractivity contribution is 0.284. The highest BCUT2D eigenvalue weighted by Gasteiger charge is 2.35. The Hall–Kier alpha value is -1.57. The van der Waals surface area contributed by atoms with Crippen LogP contribution in [0.1, 0.15) is 135 Å². The van der Waals surface area contributed by atoms with Gasteiger partial charge in [-0.05, 0) is 30.7 Å². The molecule has 0 amide bonds. The minimum Gasteiger partial charge on any atom is -0.0965 e. The molecule has 0 fully saturated rings. The Kier molecular flexibility index (Phi) is 16.6. The molecule has 2 rings (SSSR count). The Morgan fingerprint density at radius 3 is 1.62 bits per heavy atom. The van der Waals surface area contributed by atoms with Crippen LogP contribution in [-0.2, 0) is 6.42 Å². The van der Waals surface area contributed by atoms with Crippen LogP contribution in [0.5, 0.6) is 0 Å². The van der Waals surface area contributed by atoms with E-state index in [4.69, 9.17) is 0 Å². The molecule has 1 heterocycles. The molecule has 0 aromatic heterocycles. The monoisotopic (exact) mass is 465 g/mol. The highest BCUT2D eigenvalue weighted by Crippen LogP contribution is 2.37. The molecule has 2 nitrogen and oxygen atoms in total. The number of unbranched alkanes of at least 4 members (excludes halogenated alkanes) is 14. The number of nitrogens with zero attached hydrogens (tertiary/aromatic N) is 2. The Bertz CT molecular complexity index is 624. The zero-order chi connectivity index (χ0) is 24.1. The minimum atomic E-state index is 0.500. The van der Waals surface area contributed by atoms with E-state index in [0.29, 0.717) is 11.8 Å². The number of rotatable bonds is 22. The Labute approximate surface area is 212 Å². The fourth-order valence-electron chi connectivity index (χ4n) is 5.42. The van der Waals surface area contributed by atoms with Crippen molar-refractivity contribution in [2.24, 2.45) is 21.8 Å². The van der Waals surface area contributed by atoms with E-state index in [1.54, 1.807) is 0 Å². The SMILES string of the molecule is CCCCCCCCCCCCCCC([C+]1N=CC=N1)C(CCCCCC)Cc1ccccc1. The molecule has 2 unspecified atom stereocenters. The first-order valence-electron chi connectivity index (χ1n) is 14.8. The van der Waals surface area contributed by atoms with Gasteiger partial charge in [0, 0.05) is 0 Å². The molecular formula is C32H53N2+. The van der Waals surface area contributed by atoms with Crippen molar-refractivity contribution in [3.8, 4) is 0 Å². The lowest BCUT2D eigenvalue weighted by atomic mass is 9.78. The summed E-state index contributed by atoms with van der Waals surface area (Å²) in [5, 5.41) is 0. The zero-order valence-electron chi connectivity index (χ0n) is 22.5. The molecule has 0 spiro atoms. The summed E-state index contributed by atoms with van der Waals surface area (Å²) >= 11 is 0. The van der Waals surface area contributed by atoms with Gasteiger partial charge in [0.15, 0.2) is 12.4 Å². The van der Waals surface area contributed by atoms with E-state index in [1.165, 1.54) is 121 Å². The highest BCUT2D eigenvalue weighted by atomic mass is 15.0. The van der Waals surface area contributed by atoms with Crippen LogP contribution in [-0.4, -0.2) is 12.4 Å². The Morgan fingerprint density at radius 2 is 1.06 bits per heavy atom. The molecule has 1 aromatic rings. The predicted octanol–water partition coefficient (Wildman–Crippen LogP) is 10.2. The van der Waals surface area contributed by atoms with Gasteiger partial charge in [0.25, 0.3) is 0 Å². The molecule has 34 heavy (non-hydrogen) atoms. The van der Waals surface area contributed by atoms with Gasteiger partial charge in [-0.15, -0.1) is 0 Å². The summed E-state index contributed by atoms with van der Waals surface area (Å²) < 4.78 is 0. The summed E-state index contributed by atoms with van der Waals surface area (Å²) in [7, 11) is 0. The third-order valence-electron chi connectivity index (χ3n) is 7.52. The molecule has 1 aliphatic rings. The van der Waals surface area contributed by atoms with Crippen LogP contribution in [0.3, 0.4) is 0 Å². The maximum Gasteiger partial charge on any atom is 0.244 e. The van der Waals surface area contributed by atoms with E-state index < -0.39 is 0 Å². The van der Waals surface area contributed by atoms with Crippen LogP contribution in [0.25, 0.3) is 0 Å². The van der Waals surface area contributed by atoms with Crippen molar-refractivity contribution in [3.63, 3.8) is 0 Å². The van der Waals surface area contributed by atoms with Crippen molar-refractivity contribution < 1.29 is 0 Å². The summed E-state index contributed by atoms with van der Waals surface area (Å²) in [5.74, 6) is 1.15. The lowest BCUT2D eigenvalue weighted by Crippen LogP contribution is -2.22. The van der Waals surface area contributed by atoms with Gasteiger partial charge in [0.1, 0.15) is 0 Å². The maximum absolute atomic E-state index is 4.69. The molecule has 0 N–H and O–H groups in total. The van der Waals surface area contributed by atoms with Crippen molar-refractivity contribution in [2.75, 3.05) is 0 Å². The largest absolute Gasteiger partial charge is 0.244 e. The molecule has 0 aliphatic carbocycles. The molecule has 2 heteroatoms. The van der Waals surface area contributed by atoms with Crippen molar-refractivity contribution in [2.45, 2.75) is 136 Å². The van der Waals surface area contributed by atoms with Crippen LogP contribution < -0.4 is 0 Å². The number of benzene rings is 1. The summed E-state index contributed by atoms with van der Waals surface area (Å²) in [5.41, 5.74) is 1.47. The highest BCUT2D eigenvalue weighted by molar-refractivity contribution is 6.18. The van der Waals surface area contributed by atoms with Crippen LogP contribution in [0.4, 0.5) is 0 Å². The van der Waals surface area contributed by atoms with Crippen LogP contribution >= 0.6 is 0 Å². The molecule has 190 valence electrons. The average molecular weight is 466 g/mol. The number of aliphatic imine (C=N–C) groups is 2. The average Bonchev–Trinajstić information content (AvgIpc) is 3.39. The van der Waals surface area contributed by atoms with Gasteiger partial charge in [0.05, 0.1) is 5.92 Å². The van der Waals surface area contributed by atoms with E-state index in [-0.39, 0.29) is 0 Å². The Morgan fingerprint density at radius 1 is 0.588 bits per heavy atom. The van der Waals surface area contributed by atoms with Gasteiger partial charge >= 0.3 is 0 Å². The van der Waals surface area contributed by atoms with Gasteiger partial charge in [-0.2, -0.15) is 0 Å². The quantitative estimate of drug-likeness (QED) is 0.120.